The molecule has 0 aliphatic rings. The highest BCUT2D eigenvalue weighted by Crippen LogP contribution is 2.23. The van der Waals surface area contributed by atoms with Crippen molar-refractivity contribution in [2.75, 3.05) is 0 Å². The summed E-state index contributed by atoms with van der Waals surface area (Å²) in [6.45, 7) is 1.27. The van der Waals surface area contributed by atoms with E-state index in [0.29, 0.717) is 16.3 Å². The van der Waals surface area contributed by atoms with Crippen LogP contribution in [0.5, 0.6) is 0 Å². The van der Waals surface area contributed by atoms with Gasteiger partial charge in [-0.1, -0.05) is 11.3 Å². The summed E-state index contributed by atoms with van der Waals surface area (Å²) in [5, 5.41) is 8.78. The summed E-state index contributed by atoms with van der Waals surface area (Å²) < 4.78 is 13.9. The van der Waals surface area contributed by atoms with E-state index >= 15 is 0 Å². The molecule has 7 heteroatoms. The fourth-order valence-corrected chi connectivity index (χ4v) is 2.47. The minimum atomic E-state index is -1.11. The Hall–Kier alpha value is -2.02. The second kappa shape index (κ2) is 4.69. The van der Waals surface area contributed by atoms with E-state index in [2.05, 4.69) is 4.98 Å². The molecule has 1 N–H and O–H groups in total. The molecular weight excluding hydrogens is 259 g/mol. The van der Waals surface area contributed by atoms with Crippen molar-refractivity contribution in [1.29, 1.82) is 0 Å². The lowest BCUT2D eigenvalue weighted by molar-refractivity contribution is -0.137. The molecule has 0 aliphatic heterocycles. The topological polar surface area (TPSA) is 72.2 Å². The number of aryl methyl sites for hydroxylation is 1. The smallest absolute Gasteiger partial charge is 0.323 e. The van der Waals surface area contributed by atoms with Crippen LogP contribution in [-0.2, 0) is 11.3 Å². The highest BCUT2D eigenvalue weighted by atomic mass is 32.1. The van der Waals surface area contributed by atoms with E-state index in [1.807, 2.05) is 0 Å². The Labute approximate surface area is 105 Å². The molecule has 0 bridgehead atoms. The summed E-state index contributed by atoms with van der Waals surface area (Å²) in [7, 11) is 0. The fourth-order valence-electron chi connectivity index (χ4n) is 1.63. The van der Waals surface area contributed by atoms with E-state index in [1.54, 1.807) is 6.92 Å². The van der Waals surface area contributed by atoms with Crippen LogP contribution in [0.3, 0.4) is 0 Å². The SMILES string of the molecule is Cc1sc(=O)n(CC(=O)O)c1-c1ccc(F)cn1. The van der Waals surface area contributed by atoms with Gasteiger partial charge in [-0.25, -0.2) is 4.39 Å². The Balaban J connectivity index is 2.59. The van der Waals surface area contributed by atoms with Gasteiger partial charge in [-0.3, -0.25) is 19.1 Å². The molecule has 0 radical (unpaired) electrons. The van der Waals surface area contributed by atoms with Crippen molar-refractivity contribution < 1.29 is 14.3 Å². The minimum absolute atomic E-state index is 0.365. The predicted molar refractivity (Wildman–Crippen MR) is 64.1 cm³/mol. The average Bonchev–Trinajstić information content (AvgIpc) is 2.55. The van der Waals surface area contributed by atoms with Crippen LogP contribution >= 0.6 is 11.3 Å². The molecule has 0 amide bonds. The van der Waals surface area contributed by atoms with Crippen LogP contribution in [0.1, 0.15) is 4.88 Å². The number of hydrogen-bond donors (Lipinski definition) is 1. The van der Waals surface area contributed by atoms with E-state index in [-0.39, 0.29) is 4.87 Å². The lowest BCUT2D eigenvalue weighted by atomic mass is 10.2. The Bertz CT molecular complexity index is 645. The average molecular weight is 268 g/mol. The molecule has 0 saturated heterocycles. The molecule has 5 nitrogen and oxygen atoms in total. The monoisotopic (exact) mass is 268 g/mol. The Kier molecular flexibility index (Phi) is 3.24. The quantitative estimate of drug-likeness (QED) is 0.915. The van der Waals surface area contributed by atoms with Crippen LogP contribution in [-0.4, -0.2) is 20.6 Å². The largest absolute Gasteiger partial charge is 0.480 e. The summed E-state index contributed by atoms with van der Waals surface area (Å²) in [5.41, 5.74) is 0.806. The Morgan fingerprint density at radius 1 is 1.56 bits per heavy atom. The van der Waals surface area contributed by atoms with E-state index < -0.39 is 18.3 Å². The lowest BCUT2D eigenvalue weighted by Crippen LogP contribution is -2.20. The third-order valence-corrected chi connectivity index (χ3v) is 3.22. The maximum absolute atomic E-state index is 12.8. The molecule has 0 atom stereocenters. The molecule has 0 aliphatic carbocycles. The molecule has 0 unspecified atom stereocenters. The van der Waals surface area contributed by atoms with Crippen LogP contribution in [0, 0.1) is 12.7 Å². The fraction of sp³-hybridized carbons (Fsp3) is 0.182. The van der Waals surface area contributed by atoms with E-state index in [9.17, 15) is 14.0 Å². The van der Waals surface area contributed by atoms with Crippen molar-refractivity contribution in [3.05, 3.63) is 38.7 Å². The van der Waals surface area contributed by atoms with Crippen LogP contribution in [0.15, 0.2) is 23.1 Å². The third kappa shape index (κ3) is 2.30. The maximum Gasteiger partial charge on any atom is 0.323 e. The zero-order valence-corrected chi connectivity index (χ0v) is 10.2. The molecule has 2 rings (SSSR count). The number of carbonyl (C=O) groups is 1. The first kappa shape index (κ1) is 12.4. The number of aliphatic carboxylic acids is 1. The van der Waals surface area contributed by atoms with Crippen LogP contribution < -0.4 is 4.87 Å². The molecular formula is C11H9FN2O3S. The summed E-state index contributed by atoms with van der Waals surface area (Å²) >= 11 is 0.947. The third-order valence-electron chi connectivity index (χ3n) is 2.33. The first-order valence-corrected chi connectivity index (χ1v) is 5.84. The summed E-state index contributed by atoms with van der Waals surface area (Å²) in [6.07, 6.45) is 1.03. The zero-order chi connectivity index (χ0) is 13.3. The van der Waals surface area contributed by atoms with Crippen molar-refractivity contribution in [2.45, 2.75) is 13.5 Å². The highest BCUT2D eigenvalue weighted by molar-refractivity contribution is 7.09. The Morgan fingerprint density at radius 2 is 2.28 bits per heavy atom. The van der Waals surface area contributed by atoms with Gasteiger partial charge in [-0.2, -0.15) is 0 Å². The maximum atomic E-state index is 12.8. The van der Waals surface area contributed by atoms with Crippen LogP contribution in [0.4, 0.5) is 4.39 Å². The number of carboxylic acids is 1. The van der Waals surface area contributed by atoms with Crippen LogP contribution in [0.2, 0.25) is 0 Å². The van der Waals surface area contributed by atoms with Crippen molar-refractivity contribution in [2.24, 2.45) is 0 Å². The van der Waals surface area contributed by atoms with Gasteiger partial charge in [0, 0.05) is 4.88 Å². The number of hydrogen-bond acceptors (Lipinski definition) is 4. The number of thiazole rings is 1. The van der Waals surface area contributed by atoms with E-state index in [0.717, 1.165) is 22.1 Å². The van der Waals surface area contributed by atoms with E-state index in [1.165, 1.54) is 12.1 Å². The number of carboxylic acid groups (broad SMARTS) is 1. The van der Waals surface area contributed by atoms with Gasteiger partial charge in [-0.15, -0.1) is 0 Å². The first-order chi connectivity index (χ1) is 8.49. The zero-order valence-electron chi connectivity index (χ0n) is 9.38. The highest BCUT2D eigenvalue weighted by Gasteiger charge is 2.16. The van der Waals surface area contributed by atoms with Crippen LogP contribution in [0.25, 0.3) is 11.4 Å². The number of halogens is 1. The van der Waals surface area contributed by atoms with Gasteiger partial charge in [0.15, 0.2) is 0 Å². The van der Waals surface area contributed by atoms with Crippen molar-refractivity contribution in [1.82, 2.24) is 9.55 Å². The molecule has 18 heavy (non-hydrogen) atoms. The molecule has 2 aromatic heterocycles. The van der Waals surface area contributed by atoms with Crippen molar-refractivity contribution in [3.8, 4) is 11.4 Å². The Morgan fingerprint density at radius 3 is 2.83 bits per heavy atom. The molecule has 2 heterocycles. The van der Waals surface area contributed by atoms with Gasteiger partial charge < -0.3 is 5.11 Å². The second-order valence-corrected chi connectivity index (χ2v) is 4.78. The first-order valence-electron chi connectivity index (χ1n) is 5.03. The molecule has 94 valence electrons. The predicted octanol–water partition coefficient (Wildman–Crippen LogP) is 1.50. The van der Waals surface area contributed by atoms with Gasteiger partial charge in [0.1, 0.15) is 12.4 Å². The van der Waals surface area contributed by atoms with Crippen molar-refractivity contribution >= 4 is 17.3 Å². The lowest BCUT2D eigenvalue weighted by Gasteiger charge is -2.05. The van der Waals surface area contributed by atoms with Gasteiger partial charge >= 0.3 is 10.8 Å². The minimum Gasteiger partial charge on any atom is -0.480 e. The number of pyridine rings is 1. The standard InChI is InChI=1S/C11H9FN2O3S/c1-6-10(8-3-2-7(12)4-13-8)14(5-9(15)16)11(17)18-6/h2-4H,5H2,1H3,(H,15,16). The normalized spacial score (nSPS) is 10.6. The summed E-state index contributed by atoms with van der Waals surface area (Å²) in [5.74, 6) is -1.60. The number of nitrogens with zero attached hydrogens (tertiary/aromatic N) is 2. The van der Waals surface area contributed by atoms with Gasteiger partial charge in [-0.05, 0) is 19.1 Å². The van der Waals surface area contributed by atoms with Gasteiger partial charge in [0.2, 0.25) is 0 Å². The van der Waals surface area contributed by atoms with E-state index in [4.69, 9.17) is 5.11 Å². The molecule has 2 aromatic rings. The summed E-state index contributed by atoms with van der Waals surface area (Å²) in [6, 6.07) is 2.64. The molecule has 0 spiro atoms. The molecule has 0 saturated carbocycles. The summed E-state index contributed by atoms with van der Waals surface area (Å²) in [4.78, 5) is 26.5. The van der Waals surface area contributed by atoms with Gasteiger partial charge in [0.25, 0.3) is 0 Å². The number of aromatic nitrogens is 2. The second-order valence-electron chi connectivity index (χ2n) is 3.61. The molecule has 0 fully saturated rings. The number of rotatable bonds is 3. The van der Waals surface area contributed by atoms with Gasteiger partial charge in [0.05, 0.1) is 17.6 Å². The molecule has 0 aromatic carbocycles. The van der Waals surface area contributed by atoms with Crippen molar-refractivity contribution in [3.63, 3.8) is 0 Å².